The van der Waals surface area contributed by atoms with Gasteiger partial charge < -0.3 is 37.6 Å². The highest BCUT2D eigenvalue weighted by atomic mass is 32.1. The van der Waals surface area contributed by atoms with Crippen molar-refractivity contribution in [2.75, 3.05) is 12.3 Å². The number of hydrogen-bond donors (Lipinski definition) is 8. The first-order valence-electron chi connectivity index (χ1n) is 10.3. The molecule has 0 bridgehead atoms. The molecule has 0 saturated heterocycles. The maximum Gasteiger partial charge on any atom is 0.328 e. The first-order chi connectivity index (χ1) is 14.4. The lowest BCUT2D eigenvalue weighted by Crippen LogP contribution is -2.58. The molecule has 0 saturated carbocycles. The van der Waals surface area contributed by atoms with E-state index in [1.54, 1.807) is 0 Å². The van der Waals surface area contributed by atoms with Crippen molar-refractivity contribution < 1.29 is 29.4 Å². The summed E-state index contributed by atoms with van der Waals surface area (Å²) in [6.07, 6.45) is 0.388. The Morgan fingerprint density at radius 1 is 0.935 bits per heavy atom. The fourth-order valence-electron chi connectivity index (χ4n) is 2.74. The molecule has 0 aromatic rings. The second-order valence-corrected chi connectivity index (χ2v) is 8.26. The summed E-state index contributed by atoms with van der Waals surface area (Å²) < 4.78 is 0. The number of thiol groups is 1. The Labute approximate surface area is 188 Å². The quantitative estimate of drug-likeness (QED) is 0.104. The van der Waals surface area contributed by atoms with E-state index in [4.69, 9.17) is 11.5 Å². The van der Waals surface area contributed by atoms with Gasteiger partial charge in [-0.3, -0.25) is 14.4 Å². The predicted molar refractivity (Wildman–Crippen MR) is 119 cm³/mol. The van der Waals surface area contributed by atoms with Gasteiger partial charge in [0.2, 0.25) is 17.7 Å². The van der Waals surface area contributed by atoms with Crippen LogP contribution in [0.5, 0.6) is 0 Å². The third-order valence-corrected chi connectivity index (χ3v) is 4.89. The van der Waals surface area contributed by atoms with Gasteiger partial charge >= 0.3 is 5.97 Å². The van der Waals surface area contributed by atoms with Crippen molar-refractivity contribution in [3.8, 4) is 0 Å². The molecule has 31 heavy (non-hydrogen) atoms. The Hall–Kier alpha value is -1.89. The van der Waals surface area contributed by atoms with Crippen LogP contribution in [0.3, 0.4) is 0 Å². The number of unbranched alkanes of at least 4 members (excludes halogenated alkanes) is 1. The van der Waals surface area contributed by atoms with E-state index in [1.807, 2.05) is 13.8 Å². The van der Waals surface area contributed by atoms with Crippen LogP contribution in [0.1, 0.15) is 46.5 Å². The van der Waals surface area contributed by atoms with E-state index in [0.29, 0.717) is 19.4 Å². The molecule has 0 aromatic heterocycles. The number of rotatable bonds is 15. The normalized spacial score (nSPS) is 16.0. The summed E-state index contributed by atoms with van der Waals surface area (Å²) in [5, 5.41) is 26.2. The van der Waals surface area contributed by atoms with E-state index in [1.165, 1.54) is 6.92 Å². The molecule has 180 valence electrons. The Kier molecular flexibility index (Phi) is 14.1. The van der Waals surface area contributed by atoms with E-state index in [0.717, 1.165) is 0 Å². The average Bonchev–Trinajstić information content (AvgIpc) is 2.68. The van der Waals surface area contributed by atoms with Gasteiger partial charge in [0.15, 0.2) is 6.04 Å². The number of amides is 3. The van der Waals surface area contributed by atoms with Crippen molar-refractivity contribution in [1.82, 2.24) is 16.0 Å². The number of aliphatic hydroxyl groups excluding tert-OH is 1. The molecule has 0 aromatic carbocycles. The zero-order valence-corrected chi connectivity index (χ0v) is 19.2. The van der Waals surface area contributed by atoms with Crippen molar-refractivity contribution >= 4 is 36.3 Å². The molecule has 0 fully saturated rings. The predicted octanol–water partition coefficient (Wildman–Crippen LogP) is -1.66. The topological polar surface area (TPSA) is 197 Å². The Bertz CT molecular complexity index is 604. The summed E-state index contributed by atoms with van der Waals surface area (Å²) in [7, 11) is 0. The molecular formula is C19H37N5O6S. The molecule has 0 spiro atoms. The molecule has 5 unspecified atom stereocenters. The van der Waals surface area contributed by atoms with Gasteiger partial charge in [0, 0.05) is 5.75 Å². The largest absolute Gasteiger partial charge is 0.480 e. The van der Waals surface area contributed by atoms with Crippen LogP contribution in [0, 0.1) is 5.92 Å². The molecular weight excluding hydrogens is 426 g/mol. The number of carbonyl (C=O) groups excluding carboxylic acids is 3. The summed E-state index contributed by atoms with van der Waals surface area (Å²) in [5.74, 6) is -3.19. The van der Waals surface area contributed by atoms with Crippen LogP contribution in [0.15, 0.2) is 0 Å². The lowest BCUT2D eigenvalue weighted by molar-refractivity contribution is -0.145. The number of carbonyl (C=O) groups is 4. The van der Waals surface area contributed by atoms with Crippen LogP contribution >= 0.6 is 12.6 Å². The van der Waals surface area contributed by atoms with Gasteiger partial charge in [-0.05, 0) is 45.1 Å². The van der Waals surface area contributed by atoms with Gasteiger partial charge in [-0.2, -0.15) is 12.6 Å². The van der Waals surface area contributed by atoms with E-state index >= 15 is 0 Å². The highest BCUT2D eigenvalue weighted by molar-refractivity contribution is 7.80. The van der Waals surface area contributed by atoms with E-state index in [9.17, 15) is 29.4 Å². The third kappa shape index (κ3) is 11.3. The van der Waals surface area contributed by atoms with Gasteiger partial charge in [-0.25, -0.2) is 4.79 Å². The fourth-order valence-corrected chi connectivity index (χ4v) is 2.91. The second kappa shape index (κ2) is 15.0. The molecule has 0 radical (unpaired) electrons. The lowest BCUT2D eigenvalue weighted by Gasteiger charge is -2.26. The monoisotopic (exact) mass is 463 g/mol. The van der Waals surface area contributed by atoms with Crippen molar-refractivity contribution in [2.45, 2.75) is 76.7 Å². The van der Waals surface area contributed by atoms with E-state index in [-0.39, 0.29) is 24.5 Å². The number of nitrogens with one attached hydrogen (secondary N) is 3. The molecule has 5 atom stereocenters. The van der Waals surface area contributed by atoms with Gasteiger partial charge in [-0.15, -0.1) is 0 Å². The molecule has 12 heteroatoms. The van der Waals surface area contributed by atoms with Gasteiger partial charge in [0.05, 0.1) is 12.1 Å². The smallest absolute Gasteiger partial charge is 0.328 e. The van der Waals surface area contributed by atoms with Crippen molar-refractivity contribution in [3.63, 3.8) is 0 Å². The van der Waals surface area contributed by atoms with E-state index in [2.05, 4.69) is 28.6 Å². The fraction of sp³-hybridized carbons (Fsp3) is 0.789. The molecule has 3 amide bonds. The average molecular weight is 464 g/mol. The van der Waals surface area contributed by atoms with Crippen molar-refractivity contribution in [3.05, 3.63) is 0 Å². The summed E-state index contributed by atoms with van der Waals surface area (Å²) in [6.45, 7) is 5.33. The van der Waals surface area contributed by atoms with Crippen molar-refractivity contribution in [2.24, 2.45) is 17.4 Å². The lowest BCUT2D eigenvalue weighted by atomic mass is 10.0. The summed E-state index contributed by atoms with van der Waals surface area (Å²) in [4.78, 5) is 49.0. The van der Waals surface area contributed by atoms with E-state index < -0.39 is 54.0 Å². The molecule has 0 aliphatic rings. The third-order valence-electron chi connectivity index (χ3n) is 4.50. The maximum atomic E-state index is 12.9. The summed E-state index contributed by atoms with van der Waals surface area (Å²) >= 11 is 3.98. The van der Waals surface area contributed by atoms with Crippen LogP contribution in [-0.2, 0) is 19.2 Å². The highest BCUT2D eigenvalue weighted by Crippen LogP contribution is 2.08. The Morgan fingerprint density at radius 2 is 1.48 bits per heavy atom. The minimum absolute atomic E-state index is 0.00577. The van der Waals surface area contributed by atoms with Crippen molar-refractivity contribution in [1.29, 1.82) is 0 Å². The molecule has 0 heterocycles. The Balaban J connectivity index is 5.43. The molecule has 9 N–H and O–H groups in total. The number of nitrogens with two attached hydrogens (primary N) is 2. The van der Waals surface area contributed by atoms with Crippen LogP contribution in [0.25, 0.3) is 0 Å². The second-order valence-electron chi connectivity index (χ2n) is 7.89. The van der Waals surface area contributed by atoms with Gasteiger partial charge in [0.25, 0.3) is 0 Å². The van der Waals surface area contributed by atoms with Gasteiger partial charge in [-0.1, -0.05) is 13.8 Å². The SMILES string of the molecule is CC(C)CC(NC(=O)C(CCCCN)NC(=O)C(N)CS)C(=O)NC(C(=O)O)C(C)O. The minimum atomic E-state index is -1.52. The van der Waals surface area contributed by atoms with Crippen LogP contribution in [-0.4, -0.2) is 76.5 Å². The summed E-state index contributed by atoms with van der Waals surface area (Å²) in [6, 6.07) is -4.42. The van der Waals surface area contributed by atoms with Crippen LogP contribution in [0.4, 0.5) is 0 Å². The van der Waals surface area contributed by atoms with Crippen LogP contribution < -0.4 is 27.4 Å². The molecule has 0 aliphatic carbocycles. The van der Waals surface area contributed by atoms with Gasteiger partial charge in [0.1, 0.15) is 12.1 Å². The Morgan fingerprint density at radius 3 is 1.94 bits per heavy atom. The number of carboxylic acid groups (broad SMARTS) is 1. The number of carboxylic acids is 1. The molecule has 11 nitrogen and oxygen atoms in total. The standard InChI is InChI=1S/C19H37N5O6S/c1-10(2)8-14(18(28)24-15(11(3)25)19(29)30)23-17(27)13(6-4-5-7-20)22-16(26)12(21)9-31/h10-15,25,31H,4-9,20-21H2,1-3H3,(H,22,26)(H,23,27)(H,24,28)(H,29,30). The number of aliphatic hydroxyl groups is 1. The minimum Gasteiger partial charge on any atom is -0.480 e. The zero-order valence-electron chi connectivity index (χ0n) is 18.3. The number of aliphatic carboxylic acids is 1. The summed E-state index contributed by atoms with van der Waals surface area (Å²) in [5.41, 5.74) is 11.2. The number of hydrogen-bond acceptors (Lipinski definition) is 8. The molecule has 0 rings (SSSR count). The molecule has 0 aliphatic heterocycles. The highest BCUT2D eigenvalue weighted by Gasteiger charge is 2.32. The van der Waals surface area contributed by atoms with Crippen LogP contribution in [0.2, 0.25) is 0 Å². The maximum absolute atomic E-state index is 12.9. The first-order valence-corrected chi connectivity index (χ1v) is 11.0. The first kappa shape index (κ1) is 29.1. The zero-order chi connectivity index (χ0) is 24.1.